The molecule has 0 rings (SSSR count). The topological polar surface area (TPSA) is 63.6 Å². The average molecular weight is 188 g/mol. The Kier molecular flexibility index (Phi) is 5.93. The van der Waals surface area contributed by atoms with E-state index in [1.165, 1.54) is 0 Å². The SMILES string of the molecule is CCCC(=O)OC(CC)CC(=O)O. The van der Waals surface area contributed by atoms with E-state index >= 15 is 0 Å². The molecule has 1 unspecified atom stereocenters. The summed E-state index contributed by atoms with van der Waals surface area (Å²) in [4.78, 5) is 21.3. The first kappa shape index (κ1) is 11.9. The minimum Gasteiger partial charge on any atom is -0.481 e. The Morgan fingerprint density at radius 1 is 1.38 bits per heavy atom. The Balaban J connectivity index is 3.83. The van der Waals surface area contributed by atoms with Crippen molar-refractivity contribution in [2.75, 3.05) is 0 Å². The van der Waals surface area contributed by atoms with Crippen LogP contribution in [0.2, 0.25) is 0 Å². The summed E-state index contributed by atoms with van der Waals surface area (Å²) in [5, 5.41) is 8.47. The molecule has 1 N–H and O–H groups in total. The van der Waals surface area contributed by atoms with Crippen LogP contribution in [-0.2, 0) is 14.3 Å². The number of carboxylic acids is 1. The summed E-state index contributed by atoms with van der Waals surface area (Å²) in [5.41, 5.74) is 0. The maximum atomic E-state index is 11.0. The van der Waals surface area contributed by atoms with Gasteiger partial charge in [-0.05, 0) is 12.8 Å². The first-order valence-electron chi connectivity index (χ1n) is 4.51. The molecule has 0 aliphatic rings. The van der Waals surface area contributed by atoms with E-state index in [9.17, 15) is 9.59 Å². The van der Waals surface area contributed by atoms with Crippen LogP contribution in [0.4, 0.5) is 0 Å². The molecular formula is C9H16O4. The predicted octanol–water partition coefficient (Wildman–Crippen LogP) is 1.58. The summed E-state index contributed by atoms with van der Waals surface area (Å²) in [6.07, 6.45) is 1.04. The molecule has 0 fully saturated rings. The van der Waals surface area contributed by atoms with E-state index in [2.05, 4.69) is 0 Å². The normalized spacial score (nSPS) is 12.2. The van der Waals surface area contributed by atoms with Gasteiger partial charge in [-0.2, -0.15) is 0 Å². The zero-order valence-corrected chi connectivity index (χ0v) is 8.08. The second kappa shape index (κ2) is 6.46. The highest BCUT2D eigenvalue weighted by atomic mass is 16.5. The van der Waals surface area contributed by atoms with Crippen molar-refractivity contribution < 1.29 is 19.4 Å². The molecule has 0 aromatic rings. The lowest BCUT2D eigenvalue weighted by Crippen LogP contribution is -2.20. The summed E-state index contributed by atoms with van der Waals surface area (Å²) >= 11 is 0. The van der Waals surface area contributed by atoms with E-state index in [1.54, 1.807) is 6.92 Å². The van der Waals surface area contributed by atoms with Gasteiger partial charge in [-0.25, -0.2) is 0 Å². The van der Waals surface area contributed by atoms with Crippen molar-refractivity contribution in [2.45, 2.75) is 45.6 Å². The van der Waals surface area contributed by atoms with Gasteiger partial charge in [0.15, 0.2) is 0 Å². The largest absolute Gasteiger partial charge is 0.481 e. The average Bonchev–Trinajstić information content (AvgIpc) is 2.02. The lowest BCUT2D eigenvalue weighted by Gasteiger charge is -2.13. The lowest BCUT2D eigenvalue weighted by molar-refractivity contribution is -0.153. The number of carbonyl (C=O) groups is 2. The van der Waals surface area contributed by atoms with Gasteiger partial charge in [-0.3, -0.25) is 9.59 Å². The molecule has 0 bridgehead atoms. The maximum Gasteiger partial charge on any atom is 0.307 e. The first-order chi connectivity index (χ1) is 6.10. The molecule has 13 heavy (non-hydrogen) atoms. The molecule has 0 aromatic heterocycles. The Hall–Kier alpha value is -1.06. The fourth-order valence-corrected chi connectivity index (χ4v) is 0.913. The Morgan fingerprint density at radius 3 is 2.38 bits per heavy atom. The molecule has 0 saturated carbocycles. The van der Waals surface area contributed by atoms with E-state index in [0.29, 0.717) is 12.8 Å². The van der Waals surface area contributed by atoms with E-state index in [0.717, 1.165) is 6.42 Å². The van der Waals surface area contributed by atoms with Crippen molar-refractivity contribution in [3.63, 3.8) is 0 Å². The third kappa shape index (κ3) is 6.13. The zero-order valence-electron chi connectivity index (χ0n) is 8.08. The second-order valence-electron chi connectivity index (χ2n) is 2.87. The third-order valence-electron chi connectivity index (χ3n) is 1.61. The van der Waals surface area contributed by atoms with E-state index in [4.69, 9.17) is 9.84 Å². The smallest absolute Gasteiger partial charge is 0.307 e. The third-order valence-corrected chi connectivity index (χ3v) is 1.61. The van der Waals surface area contributed by atoms with Gasteiger partial charge < -0.3 is 9.84 Å². The van der Waals surface area contributed by atoms with Crippen molar-refractivity contribution >= 4 is 11.9 Å². The molecule has 4 nitrogen and oxygen atoms in total. The minimum absolute atomic E-state index is 0.105. The van der Waals surface area contributed by atoms with Gasteiger partial charge in [0.05, 0.1) is 6.42 Å². The molecule has 0 aliphatic heterocycles. The Bertz CT molecular complexity index is 176. The zero-order chi connectivity index (χ0) is 10.3. The van der Waals surface area contributed by atoms with Crippen LogP contribution >= 0.6 is 0 Å². The van der Waals surface area contributed by atoms with Crippen molar-refractivity contribution in [2.24, 2.45) is 0 Å². The molecule has 0 radical (unpaired) electrons. The van der Waals surface area contributed by atoms with Gasteiger partial charge in [0.25, 0.3) is 0 Å². The number of hydrogen-bond donors (Lipinski definition) is 1. The van der Waals surface area contributed by atoms with Gasteiger partial charge in [0.1, 0.15) is 6.10 Å². The summed E-state index contributed by atoms with van der Waals surface area (Å²) in [5.74, 6) is -1.24. The molecule has 4 heteroatoms. The van der Waals surface area contributed by atoms with Gasteiger partial charge >= 0.3 is 11.9 Å². The van der Waals surface area contributed by atoms with Crippen LogP contribution in [-0.4, -0.2) is 23.1 Å². The molecule has 0 aromatic carbocycles. The van der Waals surface area contributed by atoms with Crippen molar-refractivity contribution in [1.29, 1.82) is 0 Å². The quantitative estimate of drug-likeness (QED) is 0.643. The lowest BCUT2D eigenvalue weighted by atomic mass is 10.2. The number of aliphatic carboxylic acids is 1. The van der Waals surface area contributed by atoms with Crippen LogP contribution in [0.5, 0.6) is 0 Å². The van der Waals surface area contributed by atoms with Crippen LogP contribution < -0.4 is 0 Å². The molecule has 0 saturated heterocycles. The van der Waals surface area contributed by atoms with Crippen LogP contribution in [0, 0.1) is 0 Å². The van der Waals surface area contributed by atoms with E-state index in [1.807, 2.05) is 6.92 Å². The predicted molar refractivity (Wildman–Crippen MR) is 47.3 cm³/mol. The van der Waals surface area contributed by atoms with Crippen LogP contribution in [0.3, 0.4) is 0 Å². The summed E-state index contributed by atoms with van der Waals surface area (Å²) in [6.45, 7) is 3.67. The highest BCUT2D eigenvalue weighted by molar-refractivity contribution is 5.71. The summed E-state index contributed by atoms with van der Waals surface area (Å²) in [7, 11) is 0. The number of ether oxygens (including phenoxy) is 1. The fraction of sp³-hybridized carbons (Fsp3) is 0.778. The van der Waals surface area contributed by atoms with Gasteiger partial charge in [0.2, 0.25) is 0 Å². The van der Waals surface area contributed by atoms with Crippen LogP contribution in [0.1, 0.15) is 39.5 Å². The summed E-state index contributed by atoms with van der Waals surface area (Å²) in [6, 6.07) is 0. The Labute approximate surface area is 77.9 Å². The molecule has 76 valence electrons. The summed E-state index contributed by atoms with van der Waals surface area (Å²) < 4.78 is 4.93. The maximum absolute atomic E-state index is 11.0. The molecular weight excluding hydrogens is 172 g/mol. The number of carbonyl (C=O) groups excluding carboxylic acids is 1. The highest BCUT2D eigenvalue weighted by Gasteiger charge is 2.15. The fourth-order valence-electron chi connectivity index (χ4n) is 0.913. The van der Waals surface area contributed by atoms with Crippen molar-refractivity contribution in [3.8, 4) is 0 Å². The van der Waals surface area contributed by atoms with Gasteiger partial charge in [-0.1, -0.05) is 13.8 Å². The number of hydrogen-bond acceptors (Lipinski definition) is 3. The molecule has 0 aliphatic carbocycles. The van der Waals surface area contributed by atoms with E-state index < -0.39 is 12.1 Å². The number of esters is 1. The first-order valence-corrected chi connectivity index (χ1v) is 4.51. The molecule has 0 heterocycles. The number of carboxylic acid groups (broad SMARTS) is 1. The van der Waals surface area contributed by atoms with Crippen LogP contribution in [0.15, 0.2) is 0 Å². The minimum atomic E-state index is -0.934. The van der Waals surface area contributed by atoms with E-state index in [-0.39, 0.29) is 12.4 Å². The molecule has 0 spiro atoms. The van der Waals surface area contributed by atoms with Crippen LogP contribution in [0.25, 0.3) is 0 Å². The van der Waals surface area contributed by atoms with Gasteiger partial charge in [0, 0.05) is 6.42 Å². The number of rotatable bonds is 6. The highest BCUT2D eigenvalue weighted by Crippen LogP contribution is 2.05. The Morgan fingerprint density at radius 2 is 2.00 bits per heavy atom. The van der Waals surface area contributed by atoms with Crippen molar-refractivity contribution in [3.05, 3.63) is 0 Å². The van der Waals surface area contributed by atoms with Gasteiger partial charge in [-0.15, -0.1) is 0 Å². The molecule has 1 atom stereocenters. The monoisotopic (exact) mass is 188 g/mol. The second-order valence-corrected chi connectivity index (χ2v) is 2.87. The molecule has 0 amide bonds. The standard InChI is InChI=1S/C9H16O4/c1-3-5-9(12)13-7(4-2)6-8(10)11/h7H,3-6H2,1-2H3,(H,10,11). The van der Waals surface area contributed by atoms with Crippen molar-refractivity contribution in [1.82, 2.24) is 0 Å².